The van der Waals surface area contributed by atoms with Gasteiger partial charge >= 0.3 is 6.18 Å². The van der Waals surface area contributed by atoms with Crippen LogP contribution in [-0.4, -0.2) is 43.9 Å². The van der Waals surface area contributed by atoms with Crippen molar-refractivity contribution in [3.63, 3.8) is 0 Å². The molecule has 0 spiro atoms. The van der Waals surface area contributed by atoms with Gasteiger partial charge < -0.3 is 15.5 Å². The number of carbonyl (C=O) groups is 2. The minimum absolute atomic E-state index is 0.154. The van der Waals surface area contributed by atoms with Gasteiger partial charge in [-0.05, 0) is 63.5 Å². The fourth-order valence-electron chi connectivity index (χ4n) is 2.51. The first-order valence-corrected chi connectivity index (χ1v) is 8.69. The third-order valence-corrected chi connectivity index (χ3v) is 3.96. The number of rotatable bonds is 7. The van der Waals surface area contributed by atoms with E-state index in [1.165, 1.54) is 42.5 Å². The van der Waals surface area contributed by atoms with Gasteiger partial charge in [0.2, 0.25) is 0 Å². The van der Waals surface area contributed by atoms with E-state index in [0.29, 0.717) is 12.1 Å². The van der Waals surface area contributed by atoms with Gasteiger partial charge in [-0.3, -0.25) is 9.59 Å². The monoisotopic (exact) mass is 393 g/mol. The zero-order valence-electron chi connectivity index (χ0n) is 15.6. The summed E-state index contributed by atoms with van der Waals surface area (Å²) in [5, 5.41) is 5.05. The molecule has 8 heteroatoms. The topological polar surface area (TPSA) is 61.4 Å². The van der Waals surface area contributed by atoms with Crippen molar-refractivity contribution in [1.29, 1.82) is 0 Å². The summed E-state index contributed by atoms with van der Waals surface area (Å²) in [4.78, 5) is 26.3. The molecule has 2 amide bonds. The third kappa shape index (κ3) is 6.09. The predicted octanol–water partition coefficient (Wildman–Crippen LogP) is 3.64. The largest absolute Gasteiger partial charge is 0.418 e. The van der Waals surface area contributed by atoms with Crippen LogP contribution in [-0.2, 0) is 6.18 Å². The van der Waals surface area contributed by atoms with E-state index >= 15 is 0 Å². The second-order valence-corrected chi connectivity index (χ2v) is 6.49. The number of nitrogens with one attached hydrogen (secondary N) is 2. The number of nitrogens with zero attached hydrogens (tertiary/aromatic N) is 1. The maximum Gasteiger partial charge on any atom is 0.418 e. The molecule has 150 valence electrons. The molecule has 0 aliphatic carbocycles. The molecular weight excluding hydrogens is 371 g/mol. The highest BCUT2D eigenvalue weighted by molar-refractivity contribution is 6.05. The molecule has 0 aliphatic rings. The van der Waals surface area contributed by atoms with Crippen molar-refractivity contribution in [1.82, 2.24) is 10.2 Å². The Balaban J connectivity index is 2.00. The van der Waals surface area contributed by atoms with Crippen molar-refractivity contribution in [3.8, 4) is 0 Å². The zero-order valence-corrected chi connectivity index (χ0v) is 15.6. The van der Waals surface area contributed by atoms with Crippen LogP contribution in [0.15, 0.2) is 48.5 Å². The second-order valence-electron chi connectivity index (χ2n) is 6.49. The van der Waals surface area contributed by atoms with Gasteiger partial charge in [0.25, 0.3) is 11.8 Å². The van der Waals surface area contributed by atoms with Crippen molar-refractivity contribution >= 4 is 17.5 Å². The number of hydrogen-bond donors (Lipinski definition) is 2. The minimum atomic E-state index is -4.57. The number of benzene rings is 2. The molecule has 0 fully saturated rings. The van der Waals surface area contributed by atoms with E-state index in [9.17, 15) is 22.8 Å². The molecule has 0 radical (unpaired) electrons. The van der Waals surface area contributed by atoms with Crippen LogP contribution in [0.25, 0.3) is 0 Å². The Kier molecular flexibility index (Phi) is 7.17. The molecule has 0 saturated carbocycles. The Labute approximate surface area is 161 Å². The predicted molar refractivity (Wildman–Crippen MR) is 101 cm³/mol. The number of amides is 2. The quantitative estimate of drug-likeness (QED) is 0.706. The molecule has 2 aromatic rings. The maximum atomic E-state index is 13.0. The first kappa shape index (κ1) is 21.4. The minimum Gasteiger partial charge on any atom is -0.352 e. The molecule has 0 bridgehead atoms. The average Bonchev–Trinajstić information content (AvgIpc) is 2.64. The second kappa shape index (κ2) is 9.36. The molecular formula is C20H22F3N3O2. The molecule has 0 atom stereocenters. The maximum absolute atomic E-state index is 13.0. The van der Waals surface area contributed by atoms with E-state index in [1.54, 1.807) is 0 Å². The first-order valence-electron chi connectivity index (χ1n) is 8.69. The SMILES string of the molecule is CN(C)CCCNC(=O)c1ccc(C(=O)Nc2ccccc2C(F)(F)F)cc1. The summed E-state index contributed by atoms with van der Waals surface area (Å²) in [7, 11) is 3.89. The van der Waals surface area contributed by atoms with E-state index < -0.39 is 17.6 Å². The van der Waals surface area contributed by atoms with Crippen LogP contribution < -0.4 is 10.6 Å². The van der Waals surface area contributed by atoms with Gasteiger partial charge in [-0.1, -0.05) is 12.1 Å². The van der Waals surface area contributed by atoms with Crippen LogP contribution in [0.3, 0.4) is 0 Å². The van der Waals surface area contributed by atoms with Gasteiger partial charge in [0, 0.05) is 17.7 Å². The molecule has 0 unspecified atom stereocenters. The molecule has 2 aromatic carbocycles. The van der Waals surface area contributed by atoms with Crippen molar-refractivity contribution < 1.29 is 22.8 Å². The number of alkyl halides is 3. The van der Waals surface area contributed by atoms with Gasteiger partial charge in [-0.15, -0.1) is 0 Å². The third-order valence-electron chi connectivity index (χ3n) is 3.96. The van der Waals surface area contributed by atoms with Crippen LogP contribution in [0, 0.1) is 0 Å². The molecule has 0 saturated heterocycles. The first-order chi connectivity index (χ1) is 13.2. The summed E-state index contributed by atoms with van der Waals surface area (Å²) in [6.45, 7) is 1.37. The van der Waals surface area contributed by atoms with Crippen LogP contribution in [0.5, 0.6) is 0 Å². The van der Waals surface area contributed by atoms with Crippen molar-refractivity contribution in [2.24, 2.45) is 0 Å². The number of hydrogen-bond acceptors (Lipinski definition) is 3. The Morgan fingerprint density at radius 3 is 2.07 bits per heavy atom. The van der Waals surface area contributed by atoms with Crippen molar-refractivity contribution in [3.05, 3.63) is 65.2 Å². The van der Waals surface area contributed by atoms with Crippen molar-refractivity contribution in [2.75, 3.05) is 32.5 Å². The van der Waals surface area contributed by atoms with E-state index in [0.717, 1.165) is 19.0 Å². The number of halogens is 3. The van der Waals surface area contributed by atoms with Crippen LogP contribution in [0.4, 0.5) is 18.9 Å². The fourth-order valence-corrected chi connectivity index (χ4v) is 2.51. The molecule has 0 heterocycles. The van der Waals surface area contributed by atoms with Crippen LogP contribution in [0.1, 0.15) is 32.7 Å². The van der Waals surface area contributed by atoms with E-state index in [1.807, 2.05) is 19.0 Å². The molecule has 2 rings (SSSR count). The van der Waals surface area contributed by atoms with E-state index in [2.05, 4.69) is 10.6 Å². The Bertz CT molecular complexity index is 818. The van der Waals surface area contributed by atoms with Gasteiger partial charge in [0.1, 0.15) is 0 Å². The molecule has 28 heavy (non-hydrogen) atoms. The highest BCUT2D eigenvalue weighted by Gasteiger charge is 2.33. The van der Waals surface area contributed by atoms with Gasteiger partial charge in [0.05, 0.1) is 11.3 Å². The lowest BCUT2D eigenvalue weighted by Gasteiger charge is -2.13. The van der Waals surface area contributed by atoms with Crippen molar-refractivity contribution in [2.45, 2.75) is 12.6 Å². The average molecular weight is 393 g/mol. The lowest BCUT2D eigenvalue weighted by molar-refractivity contribution is -0.136. The molecule has 2 N–H and O–H groups in total. The Morgan fingerprint density at radius 2 is 1.50 bits per heavy atom. The lowest BCUT2D eigenvalue weighted by atomic mass is 10.1. The lowest BCUT2D eigenvalue weighted by Crippen LogP contribution is -2.27. The van der Waals surface area contributed by atoms with Crippen LogP contribution >= 0.6 is 0 Å². The van der Waals surface area contributed by atoms with E-state index in [-0.39, 0.29) is 17.2 Å². The smallest absolute Gasteiger partial charge is 0.352 e. The summed E-state index contributed by atoms with van der Waals surface area (Å²) in [6, 6.07) is 10.5. The Morgan fingerprint density at radius 1 is 0.929 bits per heavy atom. The summed E-state index contributed by atoms with van der Waals surface area (Å²) in [5.41, 5.74) is -0.710. The fraction of sp³-hybridized carbons (Fsp3) is 0.300. The molecule has 0 aromatic heterocycles. The Hall–Kier alpha value is -2.87. The highest BCUT2D eigenvalue weighted by atomic mass is 19.4. The summed E-state index contributed by atoms with van der Waals surface area (Å²) in [6.07, 6.45) is -3.77. The summed E-state index contributed by atoms with van der Waals surface area (Å²) < 4.78 is 39.0. The summed E-state index contributed by atoms with van der Waals surface area (Å²) >= 11 is 0. The van der Waals surface area contributed by atoms with E-state index in [4.69, 9.17) is 0 Å². The molecule has 5 nitrogen and oxygen atoms in total. The van der Waals surface area contributed by atoms with Gasteiger partial charge in [-0.25, -0.2) is 0 Å². The van der Waals surface area contributed by atoms with Gasteiger partial charge in [-0.2, -0.15) is 13.2 Å². The van der Waals surface area contributed by atoms with Crippen LogP contribution in [0.2, 0.25) is 0 Å². The summed E-state index contributed by atoms with van der Waals surface area (Å²) in [5.74, 6) is -0.956. The number of anilines is 1. The number of carbonyl (C=O) groups excluding carboxylic acids is 2. The van der Waals surface area contributed by atoms with Gasteiger partial charge in [0.15, 0.2) is 0 Å². The molecule has 0 aliphatic heterocycles. The number of para-hydroxylation sites is 1. The standard InChI is InChI=1S/C20H22F3N3O2/c1-26(2)13-5-12-24-18(27)14-8-10-15(11-9-14)19(28)25-17-7-4-3-6-16(17)20(21,22)23/h3-4,6-11H,5,12-13H2,1-2H3,(H,24,27)(H,25,28). The normalized spacial score (nSPS) is 11.4. The highest BCUT2D eigenvalue weighted by Crippen LogP contribution is 2.34. The zero-order chi connectivity index (χ0) is 20.7.